The summed E-state index contributed by atoms with van der Waals surface area (Å²) in [4.78, 5) is 12.5. The van der Waals surface area contributed by atoms with Gasteiger partial charge in [0.1, 0.15) is 0 Å². The number of rotatable bonds is 3. The van der Waals surface area contributed by atoms with Crippen LogP contribution in [0.2, 0.25) is 0 Å². The summed E-state index contributed by atoms with van der Waals surface area (Å²) in [5.74, 6) is -0.277. The third-order valence-corrected chi connectivity index (χ3v) is 2.97. The number of aryl methyl sites for hydroxylation is 1. The van der Waals surface area contributed by atoms with Gasteiger partial charge in [-0.1, -0.05) is 6.92 Å². The SMILES string of the molecule is CCc1scc(C(=O)OC)c1NC. The molecule has 0 radical (unpaired) electrons. The number of hydrogen-bond acceptors (Lipinski definition) is 4. The number of carbonyl (C=O) groups excluding carboxylic acids is 1. The molecule has 4 heteroatoms. The van der Waals surface area contributed by atoms with Crippen LogP contribution >= 0.6 is 11.3 Å². The summed E-state index contributed by atoms with van der Waals surface area (Å²) in [7, 11) is 3.21. The van der Waals surface area contributed by atoms with Crippen LogP contribution in [0, 0.1) is 0 Å². The fraction of sp³-hybridized carbons (Fsp3) is 0.444. The Labute approximate surface area is 81.7 Å². The molecule has 0 bridgehead atoms. The predicted molar refractivity (Wildman–Crippen MR) is 54.6 cm³/mol. The molecule has 0 aliphatic heterocycles. The van der Waals surface area contributed by atoms with E-state index in [4.69, 9.17) is 0 Å². The van der Waals surface area contributed by atoms with Crippen LogP contribution in [-0.2, 0) is 11.2 Å². The Morgan fingerprint density at radius 3 is 2.85 bits per heavy atom. The highest BCUT2D eigenvalue weighted by molar-refractivity contribution is 7.10. The number of methoxy groups -OCH3 is 1. The molecule has 1 N–H and O–H groups in total. The van der Waals surface area contributed by atoms with Crippen LogP contribution < -0.4 is 5.32 Å². The molecule has 3 nitrogen and oxygen atoms in total. The molecule has 0 aliphatic carbocycles. The number of esters is 1. The Balaban J connectivity index is 3.07. The summed E-state index contributed by atoms with van der Waals surface area (Å²) in [5, 5.41) is 4.85. The zero-order valence-electron chi connectivity index (χ0n) is 8.01. The van der Waals surface area contributed by atoms with Crippen LogP contribution in [0.5, 0.6) is 0 Å². The Bertz CT molecular complexity index is 307. The van der Waals surface area contributed by atoms with E-state index < -0.39 is 0 Å². The van der Waals surface area contributed by atoms with Gasteiger partial charge in [-0.15, -0.1) is 11.3 Å². The van der Waals surface area contributed by atoms with Crippen molar-refractivity contribution in [1.82, 2.24) is 0 Å². The van der Waals surface area contributed by atoms with E-state index in [1.165, 1.54) is 12.0 Å². The molecule has 0 aliphatic rings. The second-order valence-electron chi connectivity index (χ2n) is 2.54. The number of thiophene rings is 1. The molecular weight excluding hydrogens is 186 g/mol. The van der Waals surface area contributed by atoms with Crippen molar-refractivity contribution in [2.75, 3.05) is 19.5 Å². The normalized spacial score (nSPS) is 9.77. The molecular formula is C9H13NO2S. The average Bonchev–Trinajstić information content (AvgIpc) is 2.58. The second kappa shape index (κ2) is 4.28. The molecule has 0 fully saturated rings. The molecule has 0 saturated carbocycles. The summed E-state index contributed by atoms with van der Waals surface area (Å²) < 4.78 is 4.66. The number of ether oxygens (including phenoxy) is 1. The highest BCUT2D eigenvalue weighted by Crippen LogP contribution is 2.28. The Hall–Kier alpha value is -1.03. The molecule has 0 amide bonds. The third kappa shape index (κ3) is 1.83. The van der Waals surface area contributed by atoms with E-state index in [0.717, 1.165) is 12.1 Å². The largest absolute Gasteiger partial charge is 0.465 e. The first-order chi connectivity index (χ1) is 6.24. The number of hydrogen-bond donors (Lipinski definition) is 1. The van der Waals surface area contributed by atoms with Crippen molar-refractivity contribution in [3.63, 3.8) is 0 Å². The first kappa shape index (κ1) is 10.1. The van der Waals surface area contributed by atoms with Gasteiger partial charge in [-0.05, 0) is 6.42 Å². The highest BCUT2D eigenvalue weighted by atomic mass is 32.1. The first-order valence-corrected chi connectivity index (χ1v) is 4.99. The van der Waals surface area contributed by atoms with Gasteiger partial charge in [0, 0.05) is 17.3 Å². The molecule has 1 rings (SSSR count). The van der Waals surface area contributed by atoms with E-state index in [9.17, 15) is 4.79 Å². The number of carbonyl (C=O) groups is 1. The van der Waals surface area contributed by atoms with Gasteiger partial charge in [-0.25, -0.2) is 4.79 Å². The Morgan fingerprint density at radius 1 is 1.69 bits per heavy atom. The van der Waals surface area contributed by atoms with Gasteiger partial charge in [-0.3, -0.25) is 0 Å². The van der Waals surface area contributed by atoms with E-state index in [1.54, 1.807) is 11.3 Å². The average molecular weight is 199 g/mol. The standard InChI is InChI=1S/C9H13NO2S/c1-4-7-8(10-2)6(5-13-7)9(11)12-3/h5,10H,4H2,1-3H3. The minimum atomic E-state index is -0.277. The minimum absolute atomic E-state index is 0.277. The lowest BCUT2D eigenvalue weighted by molar-refractivity contribution is 0.0602. The topological polar surface area (TPSA) is 38.3 Å². The molecule has 1 heterocycles. The molecule has 0 saturated heterocycles. The van der Waals surface area contributed by atoms with Crippen LogP contribution in [0.4, 0.5) is 5.69 Å². The van der Waals surface area contributed by atoms with Gasteiger partial charge >= 0.3 is 5.97 Å². The first-order valence-electron chi connectivity index (χ1n) is 4.11. The zero-order valence-corrected chi connectivity index (χ0v) is 8.83. The van der Waals surface area contributed by atoms with Gasteiger partial charge in [0.15, 0.2) is 0 Å². The van der Waals surface area contributed by atoms with Crippen molar-refractivity contribution in [2.45, 2.75) is 13.3 Å². The third-order valence-electron chi connectivity index (χ3n) is 1.84. The number of anilines is 1. The molecule has 1 aromatic heterocycles. The summed E-state index contributed by atoms with van der Waals surface area (Å²) in [5.41, 5.74) is 1.53. The van der Waals surface area contributed by atoms with Gasteiger partial charge in [0.25, 0.3) is 0 Å². The Kier molecular flexibility index (Phi) is 3.31. The fourth-order valence-electron chi connectivity index (χ4n) is 1.19. The van der Waals surface area contributed by atoms with Gasteiger partial charge in [0.2, 0.25) is 0 Å². The van der Waals surface area contributed by atoms with Crippen molar-refractivity contribution >= 4 is 23.0 Å². The molecule has 1 aromatic rings. The van der Waals surface area contributed by atoms with E-state index in [0.29, 0.717) is 5.56 Å². The minimum Gasteiger partial charge on any atom is -0.465 e. The molecule has 13 heavy (non-hydrogen) atoms. The van der Waals surface area contributed by atoms with E-state index in [2.05, 4.69) is 17.0 Å². The molecule has 0 spiro atoms. The van der Waals surface area contributed by atoms with Crippen molar-refractivity contribution in [1.29, 1.82) is 0 Å². The monoisotopic (exact) mass is 199 g/mol. The lowest BCUT2D eigenvalue weighted by Gasteiger charge is -2.03. The van der Waals surface area contributed by atoms with Crippen molar-refractivity contribution in [3.05, 3.63) is 15.8 Å². The quantitative estimate of drug-likeness (QED) is 0.758. The summed E-state index contributed by atoms with van der Waals surface area (Å²) in [6.07, 6.45) is 0.928. The molecule has 0 aromatic carbocycles. The van der Waals surface area contributed by atoms with E-state index in [-0.39, 0.29) is 5.97 Å². The van der Waals surface area contributed by atoms with Crippen LogP contribution in [0.3, 0.4) is 0 Å². The lowest BCUT2D eigenvalue weighted by atomic mass is 10.2. The molecule has 0 atom stereocenters. The number of nitrogens with one attached hydrogen (secondary N) is 1. The van der Waals surface area contributed by atoms with E-state index >= 15 is 0 Å². The fourth-order valence-corrected chi connectivity index (χ4v) is 2.16. The second-order valence-corrected chi connectivity index (χ2v) is 3.51. The zero-order chi connectivity index (χ0) is 9.84. The molecule has 0 unspecified atom stereocenters. The summed E-state index contributed by atoms with van der Waals surface area (Å²) in [6, 6.07) is 0. The van der Waals surface area contributed by atoms with Crippen LogP contribution in [-0.4, -0.2) is 20.1 Å². The summed E-state index contributed by atoms with van der Waals surface area (Å²) in [6.45, 7) is 2.06. The van der Waals surface area contributed by atoms with Gasteiger partial charge < -0.3 is 10.1 Å². The van der Waals surface area contributed by atoms with Crippen molar-refractivity contribution in [3.8, 4) is 0 Å². The van der Waals surface area contributed by atoms with Crippen LogP contribution in [0.1, 0.15) is 22.2 Å². The Morgan fingerprint density at radius 2 is 2.38 bits per heavy atom. The lowest BCUT2D eigenvalue weighted by Crippen LogP contribution is -2.03. The van der Waals surface area contributed by atoms with Gasteiger partial charge in [0.05, 0.1) is 18.4 Å². The van der Waals surface area contributed by atoms with Crippen molar-refractivity contribution < 1.29 is 9.53 Å². The highest BCUT2D eigenvalue weighted by Gasteiger charge is 2.15. The maximum absolute atomic E-state index is 11.3. The maximum Gasteiger partial charge on any atom is 0.340 e. The van der Waals surface area contributed by atoms with E-state index in [1.807, 2.05) is 12.4 Å². The van der Waals surface area contributed by atoms with Gasteiger partial charge in [-0.2, -0.15) is 0 Å². The maximum atomic E-state index is 11.3. The molecule has 72 valence electrons. The smallest absolute Gasteiger partial charge is 0.340 e. The van der Waals surface area contributed by atoms with Crippen molar-refractivity contribution in [2.24, 2.45) is 0 Å². The summed E-state index contributed by atoms with van der Waals surface area (Å²) >= 11 is 1.58. The predicted octanol–water partition coefficient (Wildman–Crippen LogP) is 2.14. The van der Waals surface area contributed by atoms with Crippen LogP contribution in [0.15, 0.2) is 5.38 Å². The van der Waals surface area contributed by atoms with Crippen LogP contribution in [0.25, 0.3) is 0 Å².